The van der Waals surface area contributed by atoms with Crippen molar-refractivity contribution in [2.24, 2.45) is 0 Å². The largest absolute Gasteiger partial charge is 0.493 e. The number of carbonyl (C=O) groups is 1. The zero-order valence-corrected chi connectivity index (χ0v) is 13.4. The molecule has 0 aliphatic carbocycles. The van der Waals surface area contributed by atoms with Crippen molar-refractivity contribution in [3.63, 3.8) is 0 Å². The third-order valence-corrected chi connectivity index (χ3v) is 3.91. The minimum Gasteiger partial charge on any atom is -0.493 e. The van der Waals surface area contributed by atoms with Crippen LogP contribution in [0.5, 0.6) is 11.5 Å². The van der Waals surface area contributed by atoms with Gasteiger partial charge in [-0.15, -0.1) is 11.3 Å². The minimum absolute atomic E-state index is 0.0855. The van der Waals surface area contributed by atoms with Crippen LogP contribution < -0.4 is 14.8 Å². The molecule has 0 saturated carbocycles. The van der Waals surface area contributed by atoms with Crippen molar-refractivity contribution < 1.29 is 14.3 Å². The average molecular weight is 324 g/mol. The summed E-state index contributed by atoms with van der Waals surface area (Å²) in [5, 5.41) is 5.25. The molecular weight excluding hydrogens is 308 g/mol. The Balaban J connectivity index is 1.86. The van der Waals surface area contributed by atoms with Gasteiger partial charge in [0.25, 0.3) is 5.91 Å². The van der Waals surface area contributed by atoms with Gasteiger partial charge in [0.15, 0.2) is 23.2 Å². The maximum absolute atomic E-state index is 11.8. The van der Waals surface area contributed by atoms with Gasteiger partial charge in [0, 0.05) is 11.1 Å². The molecule has 0 aliphatic rings. The molecule has 1 N–H and O–H groups in total. The van der Waals surface area contributed by atoms with Crippen molar-refractivity contribution >= 4 is 34.1 Å². The maximum atomic E-state index is 11.8. The van der Waals surface area contributed by atoms with Crippen molar-refractivity contribution in [2.45, 2.75) is 5.75 Å². The summed E-state index contributed by atoms with van der Waals surface area (Å²) in [5.41, 5.74) is 0.966. The van der Waals surface area contributed by atoms with Crippen LogP contribution in [0.3, 0.4) is 0 Å². The molecule has 0 unspecified atom stereocenters. The van der Waals surface area contributed by atoms with E-state index in [-0.39, 0.29) is 12.5 Å². The SMILES string of the molecule is COc1ccccc1OCC(=O)Nc1nc(CSC)cs1. The van der Waals surface area contributed by atoms with Gasteiger partial charge in [0.05, 0.1) is 12.8 Å². The van der Waals surface area contributed by atoms with Gasteiger partial charge in [-0.05, 0) is 18.4 Å². The van der Waals surface area contributed by atoms with Crippen LogP contribution >= 0.6 is 23.1 Å². The number of carbonyl (C=O) groups excluding carboxylic acids is 1. The predicted molar refractivity (Wildman–Crippen MR) is 86.5 cm³/mol. The number of ether oxygens (including phenoxy) is 2. The molecule has 0 spiro atoms. The molecule has 0 fully saturated rings. The summed E-state index contributed by atoms with van der Waals surface area (Å²) in [5.74, 6) is 1.73. The summed E-state index contributed by atoms with van der Waals surface area (Å²) in [6.45, 7) is -0.0855. The summed E-state index contributed by atoms with van der Waals surface area (Å²) in [6, 6.07) is 7.20. The molecular formula is C14H16N2O3S2. The van der Waals surface area contributed by atoms with E-state index in [1.807, 2.05) is 23.8 Å². The van der Waals surface area contributed by atoms with Crippen molar-refractivity contribution in [1.82, 2.24) is 4.98 Å². The number of nitrogens with zero attached hydrogens (tertiary/aromatic N) is 1. The Morgan fingerprint density at radius 3 is 2.86 bits per heavy atom. The maximum Gasteiger partial charge on any atom is 0.264 e. The fraction of sp³-hybridized carbons (Fsp3) is 0.286. The molecule has 112 valence electrons. The van der Waals surface area contributed by atoms with Crippen LogP contribution in [0.25, 0.3) is 0 Å². The second-order valence-electron chi connectivity index (χ2n) is 4.06. The highest BCUT2D eigenvalue weighted by Gasteiger charge is 2.09. The lowest BCUT2D eigenvalue weighted by Gasteiger charge is -2.09. The Kier molecular flexibility index (Phi) is 5.89. The predicted octanol–water partition coefficient (Wildman–Crippen LogP) is 3.03. The van der Waals surface area contributed by atoms with Gasteiger partial charge in [0.2, 0.25) is 0 Å². The lowest BCUT2D eigenvalue weighted by Crippen LogP contribution is -2.20. The third-order valence-electron chi connectivity index (χ3n) is 2.52. The van der Waals surface area contributed by atoms with E-state index < -0.39 is 0 Å². The van der Waals surface area contributed by atoms with Crippen LogP contribution in [0, 0.1) is 0 Å². The number of aromatic nitrogens is 1. The Bertz CT molecular complexity index is 601. The highest BCUT2D eigenvalue weighted by atomic mass is 32.2. The molecule has 0 radical (unpaired) electrons. The fourth-order valence-corrected chi connectivity index (χ4v) is 2.89. The number of rotatable bonds is 7. The highest BCUT2D eigenvalue weighted by molar-refractivity contribution is 7.97. The lowest BCUT2D eigenvalue weighted by molar-refractivity contribution is -0.118. The minimum atomic E-state index is -0.244. The topological polar surface area (TPSA) is 60.5 Å². The van der Waals surface area contributed by atoms with Crippen molar-refractivity contribution in [3.05, 3.63) is 35.3 Å². The van der Waals surface area contributed by atoms with E-state index in [4.69, 9.17) is 9.47 Å². The van der Waals surface area contributed by atoms with E-state index in [0.29, 0.717) is 16.6 Å². The molecule has 1 heterocycles. The standard InChI is InChI=1S/C14H16N2O3S2/c1-18-11-5-3-4-6-12(11)19-7-13(17)16-14-15-10(8-20-2)9-21-14/h3-6,9H,7-8H2,1-2H3,(H,15,16,17). The molecule has 1 aromatic heterocycles. The molecule has 0 atom stereocenters. The summed E-state index contributed by atoms with van der Waals surface area (Å²) >= 11 is 3.10. The van der Waals surface area contributed by atoms with Gasteiger partial charge >= 0.3 is 0 Å². The first kappa shape index (κ1) is 15.7. The van der Waals surface area contributed by atoms with Gasteiger partial charge in [-0.1, -0.05) is 12.1 Å². The first-order chi connectivity index (χ1) is 10.2. The second kappa shape index (κ2) is 7.90. The Labute approximate surface area is 131 Å². The number of para-hydroxylation sites is 2. The number of thiazole rings is 1. The van der Waals surface area contributed by atoms with E-state index in [0.717, 1.165) is 11.4 Å². The quantitative estimate of drug-likeness (QED) is 0.848. The number of hydrogen-bond acceptors (Lipinski definition) is 6. The van der Waals surface area contributed by atoms with Crippen LogP contribution in [-0.2, 0) is 10.5 Å². The zero-order chi connectivity index (χ0) is 15.1. The van der Waals surface area contributed by atoms with Gasteiger partial charge < -0.3 is 9.47 Å². The van der Waals surface area contributed by atoms with Crippen molar-refractivity contribution in [2.75, 3.05) is 25.3 Å². The number of anilines is 1. The third kappa shape index (κ3) is 4.64. The van der Waals surface area contributed by atoms with Crippen LogP contribution in [0.2, 0.25) is 0 Å². The molecule has 1 amide bonds. The van der Waals surface area contributed by atoms with Crippen LogP contribution in [0.4, 0.5) is 5.13 Å². The Hall–Kier alpha value is -1.73. The summed E-state index contributed by atoms with van der Waals surface area (Å²) < 4.78 is 10.6. The van der Waals surface area contributed by atoms with Gasteiger partial charge in [-0.25, -0.2) is 4.98 Å². The van der Waals surface area contributed by atoms with Crippen molar-refractivity contribution in [3.8, 4) is 11.5 Å². The van der Waals surface area contributed by atoms with Crippen molar-refractivity contribution in [1.29, 1.82) is 0 Å². The Morgan fingerprint density at radius 2 is 2.14 bits per heavy atom. The van der Waals surface area contributed by atoms with E-state index in [2.05, 4.69) is 10.3 Å². The van der Waals surface area contributed by atoms with Crippen LogP contribution in [-0.4, -0.2) is 30.9 Å². The highest BCUT2D eigenvalue weighted by Crippen LogP contribution is 2.25. The number of methoxy groups -OCH3 is 1. The van der Waals surface area contributed by atoms with E-state index in [1.54, 1.807) is 31.0 Å². The molecule has 7 heteroatoms. The van der Waals surface area contributed by atoms with E-state index in [9.17, 15) is 4.79 Å². The molecule has 1 aromatic carbocycles. The monoisotopic (exact) mass is 324 g/mol. The molecule has 0 saturated heterocycles. The first-order valence-corrected chi connectivity index (χ1v) is 8.49. The molecule has 21 heavy (non-hydrogen) atoms. The fourth-order valence-electron chi connectivity index (χ4n) is 1.62. The average Bonchev–Trinajstić information content (AvgIpc) is 2.93. The number of benzene rings is 1. The molecule has 5 nitrogen and oxygen atoms in total. The molecule has 0 aliphatic heterocycles. The summed E-state index contributed by atoms with van der Waals surface area (Å²) in [4.78, 5) is 16.2. The van der Waals surface area contributed by atoms with Gasteiger partial charge in [-0.3, -0.25) is 10.1 Å². The van der Waals surface area contributed by atoms with Crippen LogP contribution in [0.1, 0.15) is 5.69 Å². The summed E-state index contributed by atoms with van der Waals surface area (Å²) in [6.07, 6.45) is 2.01. The summed E-state index contributed by atoms with van der Waals surface area (Å²) in [7, 11) is 1.56. The van der Waals surface area contributed by atoms with Gasteiger partial charge in [0.1, 0.15) is 0 Å². The smallest absolute Gasteiger partial charge is 0.264 e. The Morgan fingerprint density at radius 1 is 1.38 bits per heavy atom. The van der Waals surface area contributed by atoms with Crippen LogP contribution in [0.15, 0.2) is 29.6 Å². The number of nitrogens with one attached hydrogen (secondary N) is 1. The normalized spacial score (nSPS) is 10.2. The number of amides is 1. The molecule has 0 bridgehead atoms. The number of thioether (sulfide) groups is 1. The molecule has 2 rings (SSSR count). The lowest BCUT2D eigenvalue weighted by atomic mass is 10.3. The first-order valence-electron chi connectivity index (χ1n) is 6.22. The van der Waals surface area contributed by atoms with Gasteiger partial charge in [-0.2, -0.15) is 11.8 Å². The number of hydrogen-bond donors (Lipinski definition) is 1. The zero-order valence-electron chi connectivity index (χ0n) is 11.8. The van der Waals surface area contributed by atoms with E-state index in [1.165, 1.54) is 11.3 Å². The van der Waals surface area contributed by atoms with E-state index >= 15 is 0 Å². The second-order valence-corrected chi connectivity index (χ2v) is 5.79. The molecule has 2 aromatic rings.